The van der Waals surface area contributed by atoms with Crippen molar-refractivity contribution in [3.05, 3.63) is 36.4 Å². The highest BCUT2D eigenvalue weighted by Crippen LogP contribution is 2.29. The van der Waals surface area contributed by atoms with Crippen LogP contribution in [0.5, 0.6) is 5.75 Å². The number of rotatable bonds is 5. The minimum Gasteiger partial charge on any atom is -0.478 e. The number of alkyl halides is 3. The molecule has 0 amide bonds. The molecule has 0 spiro atoms. The fourth-order valence-electron chi connectivity index (χ4n) is 1.15. The second kappa shape index (κ2) is 5.95. The number of hydrogen-bond acceptors (Lipinski definition) is 3. The van der Waals surface area contributed by atoms with Gasteiger partial charge >= 0.3 is 12.3 Å². The third kappa shape index (κ3) is 5.24. The molecule has 2 N–H and O–H groups in total. The van der Waals surface area contributed by atoms with Crippen molar-refractivity contribution in [1.82, 2.24) is 0 Å². The third-order valence-electron chi connectivity index (χ3n) is 1.78. The molecule has 0 fully saturated rings. The molecule has 0 saturated heterocycles. The third-order valence-corrected chi connectivity index (χ3v) is 1.78. The standard InChI is InChI=1S/C11H10F3NO3/c12-11(13,14)18-9-5-2-1-4-8(9)15-7-3-6-10(16)17/h1-6,15H,7H2,(H,16,17)/b6-3+. The summed E-state index contributed by atoms with van der Waals surface area (Å²) < 4.78 is 40.0. The van der Waals surface area contributed by atoms with Crippen LogP contribution in [-0.2, 0) is 4.79 Å². The molecular formula is C11H10F3NO3. The number of aliphatic carboxylic acids is 1. The van der Waals surface area contributed by atoms with Crippen LogP contribution in [0.15, 0.2) is 36.4 Å². The summed E-state index contributed by atoms with van der Waals surface area (Å²) in [5, 5.41) is 10.9. The Labute approximate surface area is 101 Å². The highest BCUT2D eigenvalue weighted by Gasteiger charge is 2.31. The largest absolute Gasteiger partial charge is 0.573 e. The molecule has 4 nitrogen and oxygen atoms in total. The molecule has 1 aromatic carbocycles. The Morgan fingerprint density at radius 2 is 2.06 bits per heavy atom. The number of carboxylic acid groups (broad SMARTS) is 1. The van der Waals surface area contributed by atoms with E-state index in [0.29, 0.717) is 0 Å². The van der Waals surface area contributed by atoms with Crippen LogP contribution in [0.4, 0.5) is 18.9 Å². The van der Waals surface area contributed by atoms with Gasteiger partial charge in [0.05, 0.1) is 5.69 Å². The Bertz CT molecular complexity index is 443. The van der Waals surface area contributed by atoms with Gasteiger partial charge in [0.15, 0.2) is 5.75 Å². The first-order chi connectivity index (χ1) is 8.38. The molecule has 18 heavy (non-hydrogen) atoms. The maximum atomic E-state index is 12.1. The lowest BCUT2D eigenvalue weighted by molar-refractivity contribution is -0.274. The lowest BCUT2D eigenvalue weighted by Crippen LogP contribution is -2.18. The minimum atomic E-state index is -4.77. The van der Waals surface area contributed by atoms with Crippen LogP contribution in [0.25, 0.3) is 0 Å². The summed E-state index contributed by atoms with van der Waals surface area (Å²) >= 11 is 0. The molecule has 1 aromatic rings. The lowest BCUT2D eigenvalue weighted by atomic mass is 10.3. The number of halogens is 3. The number of hydrogen-bond donors (Lipinski definition) is 2. The van der Waals surface area contributed by atoms with Crippen LogP contribution in [-0.4, -0.2) is 24.0 Å². The number of carboxylic acids is 1. The summed E-state index contributed by atoms with van der Waals surface area (Å²) in [5.74, 6) is -1.50. The first kappa shape index (κ1) is 13.9. The van der Waals surface area contributed by atoms with Gasteiger partial charge in [-0.25, -0.2) is 4.79 Å². The van der Waals surface area contributed by atoms with Crippen LogP contribution >= 0.6 is 0 Å². The zero-order chi connectivity index (χ0) is 13.6. The van der Waals surface area contributed by atoms with E-state index in [1.165, 1.54) is 24.3 Å². The van der Waals surface area contributed by atoms with Gasteiger partial charge in [-0.15, -0.1) is 13.2 Å². The second-order valence-corrected chi connectivity index (χ2v) is 3.17. The average molecular weight is 261 g/mol. The molecule has 0 aliphatic rings. The smallest absolute Gasteiger partial charge is 0.478 e. The molecular weight excluding hydrogens is 251 g/mol. The zero-order valence-electron chi connectivity index (χ0n) is 9.07. The fourth-order valence-corrected chi connectivity index (χ4v) is 1.15. The Balaban J connectivity index is 2.68. The van der Waals surface area contributed by atoms with E-state index in [4.69, 9.17) is 5.11 Å². The Hall–Kier alpha value is -2.18. The molecule has 0 unspecified atom stereocenters. The number of ether oxygens (including phenoxy) is 1. The topological polar surface area (TPSA) is 58.6 Å². The summed E-state index contributed by atoms with van der Waals surface area (Å²) in [7, 11) is 0. The van der Waals surface area contributed by atoms with E-state index in [0.717, 1.165) is 12.1 Å². The predicted molar refractivity (Wildman–Crippen MR) is 58.4 cm³/mol. The van der Waals surface area contributed by atoms with Crippen LogP contribution < -0.4 is 10.1 Å². The van der Waals surface area contributed by atoms with Gasteiger partial charge in [0, 0.05) is 12.6 Å². The molecule has 0 aliphatic heterocycles. The van der Waals surface area contributed by atoms with Crippen molar-refractivity contribution < 1.29 is 27.8 Å². The SMILES string of the molecule is O=C(O)/C=C/CNc1ccccc1OC(F)(F)F. The summed E-state index contributed by atoms with van der Waals surface area (Å²) in [4.78, 5) is 10.2. The quantitative estimate of drug-likeness (QED) is 0.800. The van der Waals surface area contributed by atoms with E-state index in [1.807, 2.05) is 0 Å². The van der Waals surface area contributed by atoms with Crippen LogP contribution in [0, 0.1) is 0 Å². The van der Waals surface area contributed by atoms with Gasteiger partial charge in [-0.1, -0.05) is 18.2 Å². The summed E-state index contributed by atoms with van der Waals surface area (Å²) in [6.07, 6.45) is -2.61. The van der Waals surface area contributed by atoms with Crippen LogP contribution in [0.1, 0.15) is 0 Å². The van der Waals surface area contributed by atoms with Crippen molar-refractivity contribution in [2.24, 2.45) is 0 Å². The molecule has 0 radical (unpaired) electrons. The highest BCUT2D eigenvalue weighted by molar-refractivity contribution is 5.79. The molecule has 0 atom stereocenters. The van der Waals surface area contributed by atoms with Gasteiger partial charge in [0.25, 0.3) is 0 Å². The normalized spacial score (nSPS) is 11.5. The second-order valence-electron chi connectivity index (χ2n) is 3.17. The molecule has 7 heteroatoms. The van der Waals surface area contributed by atoms with Crippen molar-refractivity contribution in [2.75, 3.05) is 11.9 Å². The lowest BCUT2D eigenvalue weighted by Gasteiger charge is -2.13. The molecule has 1 rings (SSSR count). The first-order valence-corrected chi connectivity index (χ1v) is 4.86. The zero-order valence-corrected chi connectivity index (χ0v) is 9.07. The highest BCUT2D eigenvalue weighted by atomic mass is 19.4. The number of anilines is 1. The van der Waals surface area contributed by atoms with Gasteiger partial charge in [-0.05, 0) is 12.1 Å². The summed E-state index contributed by atoms with van der Waals surface area (Å²) in [6.45, 7) is 0.0739. The predicted octanol–water partition coefficient (Wildman–Crippen LogP) is 2.64. The van der Waals surface area contributed by atoms with E-state index in [2.05, 4.69) is 10.1 Å². The number of benzene rings is 1. The Morgan fingerprint density at radius 3 is 2.67 bits per heavy atom. The number of nitrogens with one attached hydrogen (secondary N) is 1. The molecule has 98 valence electrons. The fraction of sp³-hybridized carbons (Fsp3) is 0.182. The number of para-hydroxylation sites is 2. The van der Waals surface area contributed by atoms with E-state index >= 15 is 0 Å². The van der Waals surface area contributed by atoms with Crippen molar-refractivity contribution in [3.8, 4) is 5.75 Å². The average Bonchev–Trinajstić information content (AvgIpc) is 2.24. The van der Waals surface area contributed by atoms with Gasteiger partial charge in [-0.2, -0.15) is 0 Å². The van der Waals surface area contributed by atoms with Gasteiger partial charge in [0.1, 0.15) is 0 Å². The monoisotopic (exact) mass is 261 g/mol. The maximum Gasteiger partial charge on any atom is 0.573 e. The van der Waals surface area contributed by atoms with Crippen molar-refractivity contribution in [1.29, 1.82) is 0 Å². The van der Waals surface area contributed by atoms with E-state index < -0.39 is 12.3 Å². The van der Waals surface area contributed by atoms with Crippen LogP contribution in [0.3, 0.4) is 0 Å². The Kier molecular flexibility index (Phi) is 4.59. The van der Waals surface area contributed by atoms with E-state index in [-0.39, 0.29) is 18.0 Å². The van der Waals surface area contributed by atoms with Gasteiger partial charge in [-0.3, -0.25) is 0 Å². The van der Waals surface area contributed by atoms with Gasteiger partial charge in [0.2, 0.25) is 0 Å². The van der Waals surface area contributed by atoms with Gasteiger partial charge < -0.3 is 15.2 Å². The van der Waals surface area contributed by atoms with Crippen molar-refractivity contribution in [2.45, 2.75) is 6.36 Å². The van der Waals surface area contributed by atoms with Crippen LogP contribution in [0.2, 0.25) is 0 Å². The number of carbonyl (C=O) groups is 1. The molecule has 0 aliphatic carbocycles. The van der Waals surface area contributed by atoms with E-state index in [1.54, 1.807) is 0 Å². The van der Waals surface area contributed by atoms with Crippen molar-refractivity contribution in [3.63, 3.8) is 0 Å². The molecule has 0 aromatic heterocycles. The molecule has 0 heterocycles. The summed E-state index contributed by atoms with van der Waals surface area (Å²) in [6, 6.07) is 5.50. The van der Waals surface area contributed by atoms with E-state index in [9.17, 15) is 18.0 Å². The summed E-state index contributed by atoms with van der Waals surface area (Å²) in [5.41, 5.74) is 0.130. The molecule has 0 saturated carbocycles. The maximum absolute atomic E-state index is 12.1. The van der Waals surface area contributed by atoms with Crippen molar-refractivity contribution >= 4 is 11.7 Å². The minimum absolute atomic E-state index is 0.0739. The molecule has 0 bridgehead atoms. The first-order valence-electron chi connectivity index (χ1n) is 4.86. The Morgan fingerprint density at radius 1 is 1.39 bits per heavy atom.